The van der Waals surface area contributed by atoms with Crippen LogP contribution in [-0.4, -0.2) is 38.1 Å². The van der Waals surface area contributed by atoms with E-state index in [9.17, 15) is 0 Å². The number of hydrogen-bond donors (Lipinski definition) is 1. The first kappa shape index (κ1) is 17.3. The quantitative estimate of drug-likeness (QED) is 0.780. The Morgan fingerprint density at radius 2 is 1.47 bits per heavy atom. The molecule has 0 amide bonds. The molecular weight excluding hydrogens is 184 g/mol. The summed E-state index contributed by atoms with van der Waals surface area (Å²) < 4.78 is 0. The van der Waals surface area contributed by atoms with E-state index in [4.69, 9.17) is 0 Å². The first-order valence-electron chi connectivity index (χ1n) is 6.72. The zero-order valence-electron chi connectivity index (χ0n) is 11.6. The summed E-state index contributed by atoms with van der Waals surface area (Å²) in [5.74, 6) is 0. The van der Waals surface area contributed by atoms with Crippen LogP contribution in [0.15, 0.2) is 0 Å². The van der Waals surface area contributed by atoms with Crippen LogP contribution in [0.25, 0.3) is 0 Å². The number of rotatable bonds is 3. The van der Waals surface area contributed by atoms with Crippen LogP contribution in [-0.2, 0) is 0 Å². The third-order valence-corrected chi connectivity index (χ3v) is 2.13. The van der Waals surface area contributed by atoms with Crippen molar-refractivity contribution < 1.29 is 0 Å². The molecule has 94 valence electrons. The van der Waals surface area contributed by atoms with Gasteiger partial charge in [-0.25, -0.2) is 0 Å². The Bertz CT molecular complexity index is 88.5. The maximum Gasteiger partial charge on any atom is 0.0107 e. The van der Waals surface area contributed by atoms with Gasteiger partial charge in [0.1, 0.15) is 0 Å². The maximum absolute atomic E-state index is 3.17. The van der Waals surface area contributed by atoms with E-state index < -0.39 is 0 Å². The lowest BCUT2D eigenvalue weighted by molar-refractivity contribution is 0.231. The van der Waals surface area contributed by atoms with Crippen LogP contribution >= 0.6 is 0 Å². The van der Waals surface area contributed by atoms with E-state index in [0.717, 1.165) is 6.54 Å². The highest BCUT2D eigenvalue weighted by Gasteiger charge is 2.07. The molecular formula is C13H32N2. The van der Waals surface area contributed by atoms with E-state index in [1.165, 1.54) is 45.3 Å². The Labute approximate surface area is 97.4 Å². The average molecular weight is 216 g/mol. The summed E-state index contributed by atoms with van der Waals surface area (Å²) in [6.45, 7) is 13.3. The first-order valence-corrected chi connectivity index (χ1v) is 6.72. The summed E-state index contributed by atoms with van der Waals surface area (Å²) >= 11 is 0. The van der Waals surface area contributed by atoms with Gasteiger partial charge in [-0.2, -0.15) is 0 Å². The van der Waals surface area contributed by atoms with E-state index in [-0.39, 0.29) is 0 Å². The van der Waals surface area contributed by atoms with Crippen LogP contribution in [0, 0.1) is 0 Å². The second-order valence-electron chi connectivity index (χ2n) is 3.71. The highest BCUT2D eigenvalue weighted by molar-refractivity contribution is 4.64. The van der Waals surface area contributed by atoms with Gasteiger partial charge in [-0.15, -0.1) is 0 Å². The van der Waals surface area contributed by atoms with Crippen LogP contribution in [0.5, 0.6) is 0 Å². The minimum Gasteiger partial charge on any atom is -0.318 e. The third-order valence-electron chi connectivity index (χ3n) is 2.13. The largest absolute Gasteiger partial charge is 0.318 e. The van der Waals surface area contributed by atoms with Gasteiger partial charge in [0.15, 0.2) is 0 Å². The van der Waals surface area contributed by atoms with E-state index >= 15 is 0 Å². The van der Waals surface area contributed by atoms with Crippen LogP contribution in [0.3, 0.4) is 0 Å². The van der Waals surface area contributed by atoms with Gasteiger partial charge in [-0.3, -0.25) is 0 Å². The van der Waals surface area contributed by atoms with Crippen molar-refractivity contribution in [2.45, 2.75) is 53.4 Å². The van der Waals surface area contributed by atoms with Crippen molar-refractivity contribution in [3.63, 3.8) is 0 Å². The van der Waals surface area contributed by atoms with Crippen molar-refractivity contribution >= 4 is 0 Å². The molecule has 0 saturated carbocycles. The lowest BCUT2D eigenvalue weighted by atomic mass is 10.1. The lowest BCUT2D eigenvalue weighted by Crippen LogP contribution is -2.34. The summed E-state index contributed by atoms with van der Waals surface area (Å²) in [6, 6.07) is 0. The second kappa shape index (κ2) is 16.4. The molecule has 0 unspecified atom stereocenters. The van der Waals surface area contributed by atoms with Crippen LogP contribution in [0.4, 0.5) is 0 Å². The summed E-state index contributed by atoms with van der Waals surface area (Å²) in [7, 11) is 2.02. The van der Waals surface area contributed by atoms with E-state index in [0.29, 0.717) is 0 Å². The zero-order valence-corrected chi connectivity index (χ0v) is 11.6. The highest BCUT2D eigenvalue weighted by Crippen LogP contribution is 2.06. The van der Waals surface area contributed by atoms with Crippen molar-refractivity contribution in [3.05, 3.63) is 0 Å². The number of nitrogens with one attached hydrogen (secondary N) is 1. The van der Waals surface area contributed by atoms with Crippen LogP contribution < -0.4 is 5.32 Å². The van der Waals surface area contributed by atoms with Crippen molar-refractivity contribution in [1.82, 2.24) is 10.2 Å². The average Bonchev–Trinajstić information content (AvgIpc) is 2.31. The lowest BCUT2D eigenvalue weighted by Gasteiger charge is -2.25. The molecule has 1 rings (SSSR count). The summed E-state index contributed by atoms with van der Waals surface area (Å²) in [6.07, 6.45) is 5.50. The molecule has 2 nitrogen and oxygen atoms in total. The molecule has 1 N–H and O–H groups in total. The van der Waals surface area contributed by atoms with E-state index in [2.05, 4.69) is 24.1 Å². The molecule has 0 aromatic carbocycles. The second-order valence-corrected chi connectivity index (χ2v) is 3.71. The monoisotopic (exact) mass is 216 g/mol. The molecule has 0 bridgehead atoms. The Morgan fingerprint density at radius 3 is 1.87 bits per heavy atom. The molecule has 0 radical (unpaired) electrons. The molecule has 1 fully saturated rings. The third kappa shape index (κ3) is 13.9. The molecule has 0 aliphatic carbocycles. The standard InChI is InChI=1S/C8H18N2.C3H8.C2H6/c1-9-5-8-10-6-3-2-4-7-10;1-3-2;1-2/h9H,2-8H2,1H3;3H2,1-2H3;1-2H3. The van der Waals surface area contributed by atoms with Gasteiger partial charge >= 0.3 is 0 Å². The van der Waals surface area contributed by atoms with E-state index in [1.807, 2.05) is 20.9 Å². The van der Waals surface area contributed by atoms with Crippen molar-refractivity contribution in [1.29, 1.82) is 0 Å². The van der Waals surface area contributed by atoms with Gasteiger partial charge in [0.25, 0.3) is 0 Å². The molecule has 0 atom stereocenters. The molecule has 0 spiro atoms. The Kier molecular flexibility index (Phi) is 18.9. The number of piperidine rings is 1. The molecule has 15 heavy (non-hydrogen) atoms. The minimum absolute atomic E-state index is 1.14. The van der Waals surface area contributed by atoms with Crippen LogP contribution in [0.1, 0.15) is 53.4 Å². The number of hydrogen-bond acceptors (Lipinski definition) is 2. The minimum atomic E-state index is 1.14. The van der Waals surface area contributed by atoms with Gasteiger partial charge in [0, 0.05) is 13.1 Å². The first-order chi connectivity index (χ1) is 7.35. The molecule has 0 aromatic heterocycles. The molecule has 1 aliphatic heterocycles. The predicted molar refractivity (Wildman–Crippen MR) is 71.5 cm³/mol. The fourth-order valence-electron chi connectivity index (χ4n) is 1.45. The van der Waals surface area contributed by atoms with Gasteiger partial charge in [-0.1, -0.05) is 40.5 Å². The molecule has 0 aromatic rings. The van der Waals surface area contributed by atoms with Gasteiger partial charge in [-0.05, 0) is 33.0 Å². The Morgan fingerprint density at radius 1 is 1.00 bits per heavy atom. The number of nitrogens with zero attached hydrogens (tertiary/aromatic N) is 1. The van der Waals surface area contributed by atoms with Gasteiger partial charge in [0.05, 0.1) is 0 Å². The summed E-state index contributed by atoms with van der Waals surface area (Å²) in [5.41, 5.74) is 0. The molecule has 1 saturated heterocycles. The van der Waals surface area contributed by atoms with Crippen LogP contribution in [0.2, 0.25) is 0 Å². The Balaban J connectivity index is 0. The summed E-state index contributed by atoms with van der Waals surface area (Å²) in [4.78, 5) is 2.54. The van der Waals surface area contributed by atoms with Crippen molar-refractivity contribution in [2.75, 3.05) is 33.2 Å². The molecule has 1 heterocycles. The van der Waals surface area contributed by atoms with E-state index in [1.54, 1.807) is 0 Å². The fourth-order valence-corrected chi connectivity index (χ4v) is 1.45. The number of likely N-dealkylation sites (N-methyl/N-ethyl adjacent to an activating group) is 1. The Hall–Kier alpha value is -0.0800. The fraction of sp³-hybridized carbons (Fsp3) is 1.00. The SMILES string of the molecule is CC.CCC.CNCCN1CCCCC1. The topological polar surface area (TPSA) is 15.3 Å². The summed E-state index contributed by atoms with van der Waals surface area (Å²) in [5, 5.41) is 3.17. The van der Waals surface area contributed by atoms with Crippen molar-refractivity contribution in [2.24, 2.45) is 0 Å². The maximum atomic E-state index is 3.17. The molecule has 2 heteroatoms. The van der Waals surface area contributed by atoms with Gasteiger partial charge in [0.2, 0.25) is 0 Å². The number of likely N-dealkylation sites (tertiary alicyclic amines) is 1. The zero-order chi connectivity index (χ0) is 11.9. The highest BCUT2D eigenvalue weighted by atomic mass is 15.1. The van der Waals surface area contributed by atoms with Gasteiger partial charge < -0.3 is 10.2 Å². The predicted octanol–water partition coefficient (Wildman–Crippen LogP) is 3.13. The molecule has 1 aliphatic rings. The van der Waals surface area contributed by atoms with Crippen molar-refractivity contribution in [3.8, 4) is 0 Å². The normalized spacial score (nSPS) is 15.8. The smallest absolute Gasteiger partial charge is 0.0107 e.